The predicted molar refractivity (Wildman–Crippen MR) is 45.1 cm³/mol. The Balaban J connectivity index is 3.28. The average Bonchev–Trinajstić information content (AvgIpc) is 1.87. The quantitative estimate of drug-likeness (QED) is 0.597. The van der Waals surface area contributed by atoms with Crippen LogP contribution in [0.2, 0.25) is 0 Å². The van der Waals surface area contributed by atoms with Crippen LogP contribution in [0.3, 0.4) is 0 Å². The molecule has 0 radical (unpaired) electrons. The van der Waals surface area contributed by atoms with Crippen LogP contribution < -0.4 is 0 Å². The van der Waals surface area contributed by atoms with Crippen molar-refractivity contribution in [1.82, 2.24) is 0 Å². The van der Waals surface area contributed by atoms with E-state index in [4.69, 9.17) is 5.11 Å². The van der Waals surface area contributed by atoms with Crippen LogP contribution in [0.1, 0.15) is 40.0 Å². The Bertz CT molecular complexity index is 101. The zero-order valence-corrected chi connectivity index (χ0v) is 7.22. The van der Waals surface area contributed by atoms with E-state index < -0.39 is 0 Å². The highest BCUT2D eigenvalue weighted by Crippen LogP contribution is 2.09. The second-order valence-corrected chi connectivity index (χ2v) is 2.94. The first-order valence-electron chi connectivity index (χ1n) is 4.02. The maximum atomic E-state index is 8.80. The van der Waals surface area contributed by atoms with Crippen LogP contribution in [0.15, 0.2) is 11.8 Å². The summed E-state index contributed by atoms with van der Waals surface area (Å²) in [5, 5.41) is 8.80. The minimum absolute atomic E-state index is 0.448. The van der Waals surface area contributed by atoms with E-state index in [1.807, 2.05) is 6.08 Å². The number of hydrogen-bond donors (Lipinski definition) is 1. The number of hydrogen-bond acceptors (Lipinski definition) is 1. The molecule has 0 bridgehead atoms. The smallest absolute Gasteiger partial charge is 0.0851 e. The zero-order chi connectivity index (χ0) is 7.98. The summed E-state index contributed by atoms with van der Waals surface area (Å²) in [6.45, 7) is 6.15. The zero-order valence-electron chi connectivity index (χ0n) is 7.22. The third-order valence-electron chi connectivity index (χ3n) is 1.80. The molecule has 0 aliphatic carbocycles. The summed E-state index contributed by atoms with van der Waals surface area (Å²) in [7, 11) is 0. The molecule has 0 aliphatic rings. The van der Waals surface area contributed by atoms with Crippen LogP contribution in [-0.4, -0.2) is 5.11 Å². The highest BCUT2D eigenvalue weighted by Gasteiger charge is 1.95. The monoisotopic (exact) mass is 142 g/mol. The van der Waals surface area contributed by atoms with E-state index in [-0.39, 0.29) is 0 Å². The van der Waals surface area contributed by atoms with E-state index in [1.54, 1.807) is 6.92 Å². The molecule has 0 saturated heterocycles. The molecule has 0 fully saturated rings. The van der Waals surface area contributed by atoms with Gasteiger partial charge in [0.15, 0.2) is 0 Å². The highest BCUT2D eigenvalue weighted by atomic mass is 16.3. The third-order valence-corrected chi connectivity index (χ3v) is 1.80. The fourth-order valence-electron chi connectivity index (χ4n) is 0.781. The molecule has 10 heavy (non-hydrogen) atoms. The summed E-state index contributed by atoms with van der Waals surface area (Å²) in [6, 6.07) is 0. The Morgan fingerprint density at radius 3 is 2.60 bits per heavy atom. The lowest BCUT2D eigenvalue weighted by molar-refractivity contribution is 0.408. The van der Waals surface area contributed by atoms with Gasteiger partial charge in [-0.1, -0.05) is 20.3 Å². The molecule has 0 aromatic heterocycles. The number of rotatable bonds is 4. The van der Waals surface area contributed by atoms with Crippen LogP contribution in [0.4, 0.5) is 0 Å². The van der Waals surface area contributed by atoms with Crippen molar-refractivity contribution in [2.24, 2.45) is 5.92 Å². The lowest BCUT2D eigenvalue weighted by Crippen LogP contribution is -1.89. The van der Waals surface area contributed by atoms with Gasteiger partial charge in [-0.3, -0.25) is 0 Å². The molecule has 1 N–H and O–H groups in total. The van der Waals surface area contributed by atoms with Crippen molar-refractivity contribution >= 4 is 0 Å². The van der Waals surface area contributed by atoms with Crippen LogP contribution in [0, 0.1) is 5.92 Å². The van der Waals surface area contributed by atoms with Gasteiger partial charge in [0.05, 0.1) is 5.76 Å². The van der Waals surface area contributed by atoms with Gasteiger partial charge < -0.3 is 5.11 Å². The van der Waals surface area contributed by atoms with Crippen molar-refractivity contribution in [2.75, 3.05) is 0 Å². The summed E-state index contributed by atoms with van der Waals surface area (Å²) in [4.78, 5) is 0. The lowest BCUT2D eigenvalue weighted by Gasteiger charge is -2.04. The molecule has 0 aromatic carbocycles. The van der Waals surface area contributed by atoms with Crippen LogP contribution in [0.5, 0.6) is 0 Å². The van der Waals surface area contributed by atoms with Gasteiger partial charge in [0.25, 0.3) is 0 Å². The van der Waals surface area contributed by atoms with Gasteiger partial charge in [0.1, 0.15) is 0 Å². The van der Waals surface area contributed by atoms with Gasteiger partial charge in [-0.25, -0.2) is 0 Å². The fraction of sp³-hybridized carbons (Fsp3) is 0.778. The molecular formula is C9H18O. The maximum Gasteiger partial charge on any atom is 0.0851 e. The van der Waals surface area contributed by atoms with E-state index >= 15 is 0 Å². The highest BCUT2D eigenvalue weighted by molar-refractivity contribution is 4.85. The average molecular weight is 142 g/mol. The summed E-state index contributed by atoms with van der Waals surface area (Å²) < 4.78 is 0. The van der Waals surface area contributed by atoms with Gasteiger partial charge in [-0.15, -0.1) is 0 Å². The molecule has 1 nitrogen and oxygen atoms in total. The Labute approximate surface area is 63.8 Å². The summed E-state index contributed by atoms with van der Waals surface area (Å²) in [5.74, 6) is 1.24. The molecule has 0 heterocycles. The van der Waals surface area contributed by atoms with Gasteiger partial charge in [-0.2, -0.15) is 0 Å². The van der Waals surface area contributed by atoms with E-state index in [0.29, 0.717) is 5.76 Å². The minimum Gasteiger partial charge on any atom is -0.513 e. The molecule has 0 rings (SSSR count). The van der Waals surface area contributed by atoms with Gasteiger partial charge >= 0.3 is 0 Å². The predicted octanol–water partition coefficient (Wildman–Crippen LogP) is 3.27. The van der Waals surface area contributed by atoms with E-state index in [2.05, 4.69) is 13.8 Å². The van der Waals surface area contributed by atoms with Crippen molar-refractivity contribution < 1.29 is 5.11 Å². The topological polar surface area (TPSA) is 20.2 Å². The van der Waals surface area contributed by atoms with Crippen molar-refractivity contribution in [1.29, 1.82) is 0 Å². The summed E-state index contributed by atoms with van der Waals surface area (Å²) in [5.41, 5.74) is 0. The summed E-state index contributed by atoms with van der Waals surface area (Å²) in [6.07, 6.45) is 5.32. The Hall–Kier alpha value is -0.460. The normalized spacial score (nSPS) is 15.3. The van der Waals surface area contributed by atoms with Crippen molar-refractivity contribution in [2.45, 2.75) is 40.0 Å². The summed E-state index contributed by atoms with van der Waals surface area (Å²) >= 11 is 0. The molecule has 0 aromatic rings. The Morgan fingerprint density at radius 2 is 2.20 bits per heavy atom. The molecule has 1 atom stereocenters. The fourth-order valence-corrected chi connectivity index (χ4v) is 0.781. The van der Waals surface area contributed by atoms with Crippen LogP contribution in [0.25, 0.3) is 0 Å². The molecule has 1 unspecified atom stereocenters. The van der Waals surface area contributed by atoms with Gasteiger partial charge in [0, 0.05) is 0 Å². The molecule has 0 spiro atoms. The largest absolute Gasteiger partial charge is 0.513 e. The van der Waals surface area contributed by atoms with Crippen LogP contribution >= 0.6 is 0 Å². The third kappa shape index (κ3) is 5.67. The van der Waals surface area contributed by atoms with Gasteiger partial charge in [0.2, 0.25) is 0 Å². The molecule has 0 aliphatic heterocycles. The lowest BCUT2D eigenvalue weighted by atomic mass is 10.0. The standard InChI is InChI=1S/C9H18O/c1-4-8(2)6-5-7-9(3)10/h7-8,10H,4-6H2,1-3H3. The van der Waals surface area contributed by atoms with Gasteiger partial charge in [-0.05, 0) is 31.8 Å². The number of aliphatic hydroxyl groups excluding tert-OH is 1. The molecule has 1 heteroatoms. The van der Waals surface area contributed by atoms with Crippen molar-refractivity contribution in [3.05, 3.63) is 11.8 Å². The first-order chi connectivity index (χ1) is 4.66. The first-order valence-corrected chi connectivity index (χ1v) is 4.02. The van der Waals surface area contributed by atoms with Crippen molar-refractivity contribution in [3.8, 4) is 0 Å². The maximum absolute atomic E-state index is 8.80. The second-order valence-electron chi connectivity index (χ2n) is 2.94. The van der Waals surface area contributed by atoms with E-state index in [1.165, 1.54) is 12.8 Å². The molecule has 0 amide bonds. The number of allylic oxidation sites excluding steroid dienone is 2. The second kappa shape index (κ2) is 5.33. The van der Waals surface area contributed by atoms with Crippen LogP contribution in [-0.2, 0) is 0 Å². The Kier molecular flexibility index (Phi) is 5.09. The van der Waals surface area contributed by atoms with Crippen molar-refractivity contribution in [3.63, 3.8) is 0 Å². The molecule has 0 saturated carbocycles. The van der Waals surface area contributed by atoms with E-state index in [0.717, 1.165) is 12.3 Å². The number of aliphatic hydroxyl groups is 1. The molecular weight excluding hydrogens is 124 g/mol. The Morgan fingerprint density at radius 1 is 1.60 bits per heavy atom. The first kappa shape index (κ1) is 9.54. The van der Waals surface area contributed by atoms with E-state index in [9.17, 15) is 0 Å². The SMILES string of the molecule is CCC(C)CCC=C(C)O. The molecule has 60 valence electrons. The minimum atomic E-state index is 0.448.